The molecule has 2 aromatic heterocycles. The maximum Gasteiger partial charge on any atom is 0.159 e. The third kappa shape index (κ3) is 4.96. The van der Waals surface area contributed by atoms with Crippen molar-refractivity contribution in [3.05, 3.63) is 112 Å². The molecule has 1 unspecified atom stereocenters. The largest absolute Gasteiger partial charge is 0.373 e. The number of nitrogens with zero attached hydrogens (tertiary/aromatic N) is 4. The zero-order chi connectivity index (χ0) is 27.0. The average molecular weight is 553 g/mol. The van der Waals surface area contributed by atoms with Crippen LogP contribution in [-0.2, 0) is 7.05 Å². The van der Waals surface area contributed by atoms with E-state index in [1.165, 1.54) is 30.5 Å². The van der Waals surface area contributed by atoms with E-state index in [1.807, 2.05) is 0 Å². The maximum atomic E-state index is 14.1. The zero-order valence-corrected chi connectivity index (χ0v) is 21.1. The second kappa shape index (κ2) is 10.2. The van der Waals surface area contributed by atoms with E-state index in [1.54, 1.807) is 36.3 Å². The SMILES string of the molecule is Cn1cnc(C(Nc2cc(Cl)c3ncc(C#N)c(Nc4ccc(F)c(Cl)c4)c3c2)c2ccc(F)c(F)c2)c1. The van der Waals surface area contributed by atoms with Crippen molar-refractivity contribution < 1.29 is 13.2 Å². The van der Waals surface area contributed by atoms with E-state index in [-0.39, 0.29) is 15.6 Å². The van der Waals surface area contributed by atoms with Crippen LogP contribution in [0.2, 0.25) is 10.0 Å². The number of imidazole rings is 1. The van der Waals surface area contributed by atoms with Crippen LogP contribution in [0.25, 0.3) is 10.9 Å². The van der Waals surface area contributed by atoms with Gasteiger partial charge in [-0.25, -0.2) is 18.2 Å². The topological polar surface area (TPSA) is 78.6 Å². The molecule has 11 heteroatoms. The lowest BCUT2D eigenvalue weighted by Gasteiger charge is -2.20. The molecule has 0 aliphatic rings. The third-order valence-electron chi connectivity index (χ3n) is 5.84. The summed E-state index contributed by atoms with van der Waals surface area (Å²) in [4.78, 5) is 8.71. The molecule has 0 bridgehead atoms. The first-order valence-corrected chi connectivity index (χ1v) is 11.9. The summed E-state index contributed by atoms with van der Waals surface area (Å²) in [6.07, 6.45) is 4.73. The van der Waals surface area contributed by atoms with Gasteiger partial charge in [0, 0.05) is 36.2 Å². The lowest BCUT2D eigenvalue weighted by molar-refractivity contribution is 0.506. The molecule has 0 saturated carbocycles. The summed E-state index contributed by atoms with van der Waals surface area (Å²) in [6, 6.07) is 12.5. The van der Waals surface area contributed by atoms with Gasteiger partial charge in [0.05, 0.1) is 44.9 Å². The van der Waals surface area contributed by atoms with Crippen LogP contribution in [0.3, 0.4) is 0 Å². The molecule has 0 aliphatic carbocycles. The van der Waals surface area contributed by atoms with E-state index in [2.05, 4.69) is 26.7 Å². The van der Waals surface area contributed by atoms with Gasteiger partial charge in [0.15, 0.2) is 11.6 Å². The zero-order valence-electron chi connectivity index (χ0n) is 19.6. The number of anilines is 3. The molecule has 0 saturated heterocycles. The lowest BCUT2D eigenvalue weighted by Crippen LogP contribution is -2.13. The fraction of sp³-hybridized carbons (Fsp3) is 0.0741. The van der Waals surface area contributed by atoms with Gasteiger partial charge >= 0.3 is 0 Å². The highest BCUT2D eigenvalue weighted by atomic mass is 35.5. The summed E-state index contributed by atoms with van der Waals surface area (Å²) in [7, 11) is 1.79. The maximum absolute atomic E-state index is 14.1. The highest BCUT2D eigenvalue weighted by molar-refractivity contribution is 6.36. The van der Waals surface area contributed by atoms with Crippen molar-refractivity contribution in [1.29, 1.82) is 5.26 Å². The van der Waals surface area contributed by atoms with Crippen molar-refractivity contribution >= 4 is 51.2 Å². The molecule has 0 spiro atoms. The molecule has 190 valence electrons. The van der Waals surface area contributed by atoms with Crippen molar-refractivity contribution in [3.63, 3.8) is 0 Å². The monoisotopic (exact) mass is 552 g/mol. The predicted octanol–water partition coefficient (Wildman–Crippen LogP) is 7.51. The van der Waals surface area contributed by atoms with Gasteiger partial charge in [-0.1, -0.05) is 29.3 Å². The standard InChI is InChI=1S/C27H17Cl2F3N6/c1-38-12-24(35-13-38)26(14-2-4-22(31)23(32)6-14)37-17-7-18-25(36-16-3-5-21(30)19(28)8-16)15(10-33)11-34-27(18)20(29)9-17/h2-9,11-13,26,37H,1H3,(H,34,36). The summed E-state index contributed by atoms with van der Waals surface area (Å²) < 4.78 is 43.2. The predicted molar refractivity (Wildman–Crippen MR) is 141 cm³/mol. The Labute approximate surface area is 225 Å². The van der Waals surface area contributed by atoms with Gasteiger partial charge in [-0.2, -0.15) is 5.26 Å². The van der Waals surface area contributed by atoms with Crippen LogP contribution < -0.4 is 10.6 Å². The first-order chi connectivity index (χ1) is 18.2. The average Bonchev–Trinajstić information content (AvgIpc) is 3.32. The number of halogens is 5. The molecule has 0 fully saturated rings. The minimum Gasteiger partial charge on any atom is -0.373 e. The van der Waals surface area contributed by atoms with Crippen LogP contribution in [0.5, 0.6) is 0 Å². The first kappa shape index (κ1) is 25.4. The highest BCUT2D eigenvalue weighted by Gasteiger charge is 2.21. The number of rotatable bonds is 6. The van der Waals surface area contributed by atoms with Gasteiger partial charge < -0.3 is 15.2 Å². The van der Waals surface area contributed by atoms with Crippen LogP contribution in [-0.4, -0.2) is 14.5 Å². The Morgan fingerprint density at radius 1 is 0.921 bits per heavy atom. The third-order valence-corrected chi connectivity index (χ3v) is 6.42. The number of pyridine rings is 1. The molecular formula is C27H17Cl2F3N6. The summed E-state index contributed by atoms with van der Waals surface area (Å²) in [5, 5.41) is 16.8. The normalized spacial score (nSPS) is 11.8. The summed E-state index contributed by atoms with van der Waals surface area (Å²) >= 11 is 12.5. The van der Waals surface area contributed by atoms with Crippen LogP contribution >= 0.6 is 23.2 Å². The highest BCUT2D eigenvalue weighted by Crippen LogP contribution is 2.37. The molecule has 6 nitrogen and oxygen atoms in total. The molecule has 1 atom stereocenters. The Morgan fingerprint density at radius 2 is 1.68 bits per heavy atom. The number of hydrogen-bond donors (Lipinski definition) is 2. The van der Waals surface area contributed by atoms with Gasteiger partial charge in [-0.05, 0) is 48.0 Å². The van der Waals surface area contributed by atoms with E-state index >= 15 is 0 Å². The molecule has 2 heterocycles. The Kier molecular flexibility index (Phi) is 6.85. The molecule has 3 aromatic carbocycles. The fourth-order valence-corrected chi connectivity index (χ4v) is 4.50. The van der Waals surface area contributed by atoms with E-state index in [0.717, 1.165) is 12.1 Å². The van der Waals surface area contributed by atoms with E-state index in [9.17, 15) is 18.4 Å². The minimum absolute atomic E-state index is 0.0861. The molecular weight excluding hydrogens is 536 g/mol. The number of nitrogens with one attached hydrogen (secondary N) is 2. The van der Waals surface area contributed by atoms with E-state index < -0.39 is 23.5 Å². The number of nitriles is 1. The van der Waals surface area contributed by atoms with E-state index in [4.69, 9.17) is 23.2 Å². The van der Waals surface area contributed by atoms with Crippen molar-refractivity contribution in [2.75, 3.05) is 10.6 Å². The number of aryl methyl sites for hydroxylation is 1. The van der Waals surface area contributed by atoms with Gasteiger partial charge in [0.2, 0.25) is 0 Å². The van der Waals surface area contributed by atoms with Crippen molar-refractivity contribution in [2.45, 2.75) is 6.04 Å². The van der Waals surface area contributed by atoms with Gasteiger partial charge in [0.25, 0.3) is 0 Å². The molecule has 38 heavy (non-hydrogen) atoms. The molecule has 2 N–H and O–H groups in total. The Morgan fingerprint density at radius 3 is 2.37 bits per heavy atom. The van der Waals surface area contributed by atoms with Crippen LogP contribution in [0.4, 0.5) is 30.2 Å². The Bertz CT molecular complexity index is 1730. The van der Waals surface area contributed by atoms with Crippen molar-refractivity contribution in [3.8, 4) is 6.07 Å². The lowest BCUT2D eigenvalue weighted by atomic mass is 10.0. The number of benzene rings is 3. The second-order valence-corrected chi connectivity index (χ2v) is 9.30. The Balaban J connectivity index is 1.62. The van der Waals surface area contributed by atoms with Crippen molar-refractivity contribution in [2.24, 2.45) is 7.05 Å². The van der Waals surface area contributed by atoms with Crippen molar-refractivity contribution in [1.82, 2.24) is 14.5 Å². The quantitative estimate of drug-likeness (QED) is 0.228. The van der Waals surface area contributed by atoms with Gasteiger partial charge in [0.1, 0.15) is 11.9 Å². The fourth-order valence-electron chi connectivity index (χ4n) is 4.05. The smallest absolute Gasteiger partial charge is 0.159 e. The number of hydrogen-bond acceptors (Lipinski definition) is 5. The number of fused-ring (bicyclic) bond motifs is 1. The van der Waals surface area contributed by atoms with Crippen LogP contribution in [0.1, 0.15) is 22.9 Å². The van der Waals surface area contributed by atoms with E-state index in [0.29, 0.717) is 39.2 Å². The first-order valence-electron chi connectivity index (χ1n) is 11.2. The van der Waals surface area contributed by atoms with Crippen LogP contribution in [0, 0.1) is 28.8 Å². The molecule has 5 rings (SSSR count). The number of aromatic nitrogens is 3. The minimum atomic E-state index is -0.992. The summed E-state index contributed by atoms with van der Waals surface area (Å²) in [6.45, 7) is 0. The molecule has 0 amide bonds. The van der Waals surface area contributed by atoms with Gasteiger partial charge in [-0.15, -0.1) is 0 Å². The Hall–Kier alpha value is -4.26. The van der Waals surface area contributed by atoms with Gasteiger partial charge in [-0.3, -0.25) is 4.98 Å². The summed E-state index contributed by atoms with van der Waals surface area (Å²) in [5.41, 5.74) is 2.94. The molecule has 0 aliphatic heterocycles. The summed E-state index contributed by atoms with van der Waals surface area (Å²) in [5.74, 6) is -2.53. The molecule has 0 radical (unpaired) electrons. The second-order valence-electron chi connectivity index (χ2n) is 8.48. The van der Waals surface area contributed by atoms with Crippen LogP contribution in [0.15, 0.2) is 67.3 Å². The molecule has 5 aromatic rings.